The first kappa shape index (κ1) is 25.5. The van der Waals surface area contributed by atoms with Gasteiger partial charge in [-0.3, -0.25) is 0 Å². The highest BCUT2D eigenvalue weighted by Crippen LogP contribution is 2.34. The largest absolute Gasteiger partial charge is 0.497 e. The number of methoxy groups -OCH3 is 2. The van der Waals surface area contributed by atoms with Crippen LogP contribution in [0, 0.1) is 29.1 Å². The second-order valence-corrected chi connectivity index (χ2v) is 7.38. The Bertz CT molecular complexity index is 1550. The van der Waals surface area contributed by atoms with E-state index < -0.39 is 53.0 Å². The predicted molar refractivity (Wildman–Crippen MR) is 118 cm³/mol. The van der Waals surface area contributed by atoms with Gasteiger partial charge in [-0.25, -0.2) is 22.8 Å². The molecule has 0 radical (unpaired) electrons. The summed E-state index contributed by atoms with van der Waals surface area (Å²) in [6.07, 6.45) is 0. The zero-order valence-electron chi connectivity index (χ0n) is 19.0. The monoisotopic (exact) mass is 522 g/mol. The van der Waals surface area contributed by atoms with E-state index in [4.69, 9.17) is 18.6 Å². The van der Waals surface area contributed by atoms with E-state index in [0.29, 0.717) is 22.4 Å². The van der Waals surface area contributed by atoms with Crippen molar-refractivity contribution in [1.82, 2.24) is 0 Å². The number of carbonyl (C=O) groups is 1. The van der Waals surface area contributed by atoms with Gasteiger partial charge in [-0.15, -0.1) is 0 Å². The molecule has 0 aliphatic rings. The molecule has 0 saturated carbocycles. The maximum atomic E-state index is 13.7. The van der Waals surface area contributed by atoms with Crippen LogP contribution in [0.15, 0.2) is 51.7 Å². The Balaban J connectivity index is 1.56. The summed E-state index contributed by atoms with van der Waals surface area (Å²) < 4.78 is 92.3. The molecule has 0 aliphatic heterocycles. The molecule has 1 heterocycles. The van der Waals surface area contributed by atoms with Crippen molar-refractivity contribution in [2.24, 2.45) is 0 Å². The van der Waals surface area contributed by atoms with Crippen LogP contribution in [-0.2, 0) is 4.79 Å². The van der Waals surface area contributed by atoms with Crippen LogP contribution in [0.5, 0.6) is 23.0 Å². The molecule has 0 spiro atoms. The van der Waals surface area contributed by atoms with Crippen LogP contribution in [0.4, 0.5) is 22.0 Å². The zero-order chi connectivity index (χ0) is 26.9. The summed E-state index contributed by atoms with van der Waals surface area (Å²) in [4.78, 5) is 24.7. The first-order chi connectivity index (χ1) is 17.6. The van der Waals surface area contributed by atoms with Crippen molar-refractivity contribution in [2.45, 2.75) is 0 Å². The van der Waals surface area contributed by atoms with Crippen LogP contribution in [0.3, 0.4) is 0 Å². The first-order valence-electron chi connectivity index (χ1n) is 10.3. The van der Waals surface area contributed by atoms with Gasteiger partial charge in [0, 0.05) is 17.0 Å². The third kappa shape index (κ3) is 4.90. The number of hydrogen-bond acceptors (Lipinski definition) is 7. The summed E-state index contributed by atoms with van der Waals surface area (Å²) in [5, 5.41) is 0.442. The van der Waals surface area contributed by atoms with Crippen molar-refractivity contribution in [2.75, 3.05) is 20.8 Å². The minimum atomic E-state index is -2.37. The van der Waals surface area contributed by atoms with Crippen LogP contribution >= 0.6 is 0 Å². The summed E-state index contributed by atoms with van der Waals surface area (Å²) in [5.41, 5.74) is -0.124. The van der Waals surface area contributed by atoms with E-state index in [1.165, 1.54) is 38.5 Å². The molecule has 0 fully saturated rings. The molecule has 0 saturated heterocycles. The molecule has 37 heavy (non-hydrogen) atoms. The van der Waals surface area contributed by atoms with Crippen molar-refractivity contribution >= 4 is 16.9 Å². The van der Waals surface area contributed by atoms with E-state index in [1.54, 1.807) is 18.2 Å². The smallest absolute Gasteiger partial charge is 0.349 e. The van der Waals surface area contributed by atoms with E-state index >= 15 is 0 Å². The van der Waals surface area contributed by atoms with Gasteiger partial charge in [0.1, 0.15) is 22.8 Å². The van der Waals surface area contributed by atoms with Crippen molar-refractivity contribution in [3.05, 3.63) is 82.0 Å². The van der Waals surface area contributed by atoms with Crippen LogP contribution in [-0.4, -0.2) is 26.8 Å². The molecule has 4 aromatic rings. The quantitative estimate of drug-likeness (QED) is 0.0829. The number of fused-ring (bicyclic) bond motifs is 1. The molecule has 0 bridgehead atoms. The van der Waals surface area contributed by atoms with Gasteiger partial charge in [-0.1, -0.05) is 0 Å². The Labute approximate surface area is 204 Å². The lowest BCUT2D eigenvalue weighted by Crippen LogP contribution is -2.19. The third-order valence-corrected chi connectivity index (χ3v) is 5.14. The average Bonchev–Trinajstić information content (AvgIpc) is 2.90. The van der Waals surface area contributed by atoms with Gasteiger partial charge in [-0.2, -0.15) is 8.78 Å². The molecule has 4 rings (SSSR count). The molecule has 0 N–H and O–H groups in total. The molecule has 0 amide bonds. The van der Waals surface area contributed by atoms with Gasteiger partial charge in [0.05, 0.1) is 19.8 Å². The minimum absolute atomic E-state index is 0.0293. The van der Waals surface area contributed by atoms with E-state index in [-0.39, 0.29) is 16.9 Å². The number of carbonyl (C=O) groups excluding carboxylic acids is 1. The number of esters is 1. The van der Waals surface area contributed by atoms with Crippen molar-refractivity contribution in [3.8, 4) is 34.1 Å². The van der Waals surface area contributed by atoms with E-state index in [2.05, 4.69) is 4.74 Å². The summed E-state index contributed by atoms with van der Waals surface area (Å²) >= 11 is 0. The Morgan fingerprint density at radius 1 is 0.784 bits per heavy atom. The Morgan fingerprint density at radius 2 is 1.43 bits per heavy atom. The molecular weight excluding hydrogens is 507 g/mol. The molecule has 7 nitrogen and oxygen atoms in total. The van der Waals surface area contributed by atoms with Crippen LogP contribution in [0.1, 0.15) is 0 Å². The van der Waals surface area contributed by atoms with Crippen LogP contribution in [0.25, 0.3) is 22.1 Å². The lowest BCUT2D eigenvalue weighted by molar-refractivity contribution is -0.136. The summed E-state index contributed by atoms with van der Waals surface area (Å²) in [7, 11) is 2.90. The fraction of sp³-hybridized carbons (Fsp3) is 0.120. The van der Waals surface area contributed by atoms with Gasteiger partial charge in [0.2, 0.25) is 29.1 Å². The third-order valence-electron chi connectivity index (χ3n) is 5.14. The van der Waals surface area contributed by atoms with Crippen LogP contribution < -0.4 is 24.6 Å². The highest BCUT2D eigenvalue weighted by Gasteiger charge is 2.27. The fourth-order valence-corrected chi connectivity index (χ4v) is 3.37. The Hall–Kier alpha value is -4.61. The molecule has 0 aliphatic carbocycles. The predicted octanol–water partition coefficient (Wildman–Crippen LogP) is 5.16. The van der Waals surface area contributed by atoms with Crippen molar-refractivity contribution in [1.29, 1.82) is 0 Å². The number of ether oxygens (including phenoxy) is 4. The number of halogens is 5. The number of rotatable bonds is 7. The number of benzene rings is 3. The standard InChI is InChI=1S/C25H15F5O7/c1-33-12-5-6-16(34-2)14(8-12)15-7-11-3-4-13(9-17(11)37-25(15)32)36-18(31)10-35-24-22(29)20(27)19(26)21(28)23(24)30/h3-9H,10H2,1-2H3. The Morgan fingerprint density at radius 3 is 2.08 bits per heavy atom. The maximum absolute atomic E-state index is 13.7. The summed E-state index contributed by atoms with van der Waals surface area (Å²) in [6, 6.07) is 10.4. The van der Waals surface area contributed by atoms with E-state index in [1.807, 2.05) is 0 Å². The van der Waals surface area contributed by atoms with Gasteiger partial charge in [-0.05, 0) is 36.4 Å². The molecule has 1 aromatic heterocycles. The zero-order valence-corrected chi connectivity index (χ0v) is 19.0. The molecule has 12 heteroatoms. The molecular formula is C25H15F5O7. The second kappa shape index (κ2) is 10.2. The minimum Gasteiger partial charge on any atom is -0.497 e. The van der Waals surface area contributed by atoms with Crippen LogP contribution in [0.2, 0.25) is 0 Å². The van der Waals surface area contributed by atoms with E-state index in [9.17, 15) is 31.5 Å². The number of hydrogen-bond donors (Lipinski definition) is 0. The summed E-state index contributed by atoms with van der Waals surface area (Å²) in [5.74, 6) is -13.4. The lowest BCUT2D eigenvalue weighted by Gasteiger charge is -2.11. The normalized spacial score (nSPS) is 10.9. The summed E-state index contributed by atoms with van der Waals surface area (Å²) in [6.45, 7) is -1.19. The topological polar surface area (TPSA) is 84.2 Å². The van der Waals surface area contributed by atoms with Gasteiger partial charge >= 0.3 is 11.6 Å². The first-order valence-corrected chi connectivity index (χ1v) is 10.3. The van der Waals surface area contributed by atoms with Gasteiger partial charge < -0.3 is 23.4 Å². The van der Waals surface area contributed by atoms with Crippen molar-refractivity contribution < 1.29 is 50.1 Å². The van der Waals surface area contributed by atoms with Crippen molar-refractivity contribution in [3.63, 3.8) is 0 Å². The van der Waals surface area contributed by atoms with Gasteiger partial charge in [0.15, 0.2) is 12.4 Å². The highest BCUT2D eigenvalue weighted by molar-refractivity contribution is 5.85. The SMILES string of the molecule is COc1ccc(OC)c(-c2cc3ccc(OC(=O)COc4c(F)c(F)c(F)c(F)c4F)cc3oc2=O)c1. The highest BCUT2D eigenvalue weighted by atomic mass is 19.2. The maximum Gasteiger partial charge on any atom is 0.349 e. The molecule has 192 valence electrons. The molecule has 3 aromatic carbocycles. The lowest BCUT2D eigenvalue weighted by atomic mass is 10.0. The Kier molecular flexibility index (Phi) is 7.00. The average molecular weight is 522 g/mol. The van der Waals surface area contributed by atoms with Gasteiger partial charge in [0.25, 0.3) is 0 Å². The second-order valence-electron chi connectivity index (χ2n) is 7.38. The fourth-order valence-electron chi connectivity index (χ4n) is 3.37. The van der Waals surface area contributed by atoms with E-state index in [0.717, 1.165) is 0 Å². The molecule has 0 atom stereocenters. The molecule has 0 unspecified atom stereocenters.